The highest BCUT2D eigenvalue weighted by Crippen LogP contribution is 2.45. The third-order valence-electron chi connectivity index (χ3n) is 7.46. The summed E-state index contributed by atoms with van der Waals surface area (Å²) >= 11 is 6.39. The number of carbonyl (C=O) groups excluding carboxylic acids is 2. The fraction of sp³-hybridized carbons (Fsp3) is 0.333. The van der Waals surface area contributed by atoms with Crippen molar-refractivity contribution in [3.05, 3.63) is 64.1 Å². The summed E-state index contributed by atoms with van der Waals surface area (Å²) in [5.74, 6) is -1.44. The van der Waals surface area contributed by atoms with Crippen LogP contribution >= 0.6 is 11.6 Å². The van der Waals surface area contributed by atoms with Crippen LogP contribution in [0.5, 0.6) is 5.75 Å². The molecule has 35 heavy (non-hydrogen) atoms. The van der Waals surface area contributed by atoms with Gasteiger partial charge in [-0.05, 0) is 48.2 Å². The topological polar surface area (TPSA) is 72.4 Å². The number of hydrogen-bond acceptors (Lipinski definition) is 4. The quantitative estimate of drug-likeness (QED) is 0.527. The van der Waals surface area contributed by atoms with Gasteiger partial charge in [0.25, 0.3) is 11.8 Å². The number of fused-ring (bicyclic) bond motifs is 2. The average Bonchev–Trinajstić information content (AvgIpc) is 3.49. The maximum Gasteiger partial charge on any atom is 0.259 e. The van der Waals surface area contributed by atoms with Crippen molar-refractivity contribution in [2.45, 2.75) is 32.7 Å². The molecular weight excluding hydrogens is 469 g/mol. The molecule has 6 nitrogen and oxygen atoms in total. The molecular formula is C27H25ClFN3O3. The summed E-state index contributed by atoms with van der Waals surface area (Å²) in [4.78, 5) is 26.3. The molecule has 8 heteroatoms. The Morgan fingerprint density at radius 1 is 1.14 bits per heavy atom. The molecule has 0 bridgehead atoms. The van der Waals surface area contributed by atoms with Crippen LogP contribution in [0.2, 0.25) is 5.02 Å². The summed E-state index contributed by atoms with van der Waals surface area (Å²) in [6.07, 6.45) is 3.46. The van der Waals surface area contributed by atoms with Gasteiger partial charge in [-0.15, -0.1) is 0 Å². The zero-order chi connectivity index (χ0) is 24.5. The Labute approximate surface area is 207 Å². The van der Waals surface area contributed by atoms with Gasteiger partial charge < -0.3 is 14.6 Å². The Morgan fingerprint density at radius 2 is 1.94 bits per heavy atom. The molecule has 0 saturated carbocycles. The third-order valence-corrected chi connectivity index (χ3v) is 7.70. The molecule has 3 aromatic rings. The van der Waals surface area contributed by atoms with E-state index in [0.29, 0.717) is 29.4 Å². The molecule has 0 radical (unpaired) electrons. The molecule has 2 amide bonds. The summed E-state index contributed by atoms with van der Waals surface area (Å²) < 4.78 is 23.1. The maximum absolute atomic E-state index is 15.2. The van der Waals surface area contributed by atoms with Gasteiger partial charge in [-0.25, -0.2) is 4.39 Å². The number of halogens is 2. The summed E-state index contributed by atoms with van der Waals surface area (Å²) in [5.41, 5.74) is 2.45. The highest BCUT2D eigenvalue weighted by Gasteiger charge is 2.40. The van der Waals surface area contributed by atoms with E-state index >= 15 is 4.39 Å². The number of hydrogen-bond donors (Lipinski definition) is 2. The minimum absolute atomic E-state index is 0.00912. The van der Waals surface area contributed by atoms with Gasteiger partial charge >= 0.3 is 0 Å². The zero-order valence-corrected chi connectivity index (χ0v) is 20.3. The van der Waals surface area contributed by atoms with Crippen LogP contribution in [0.1, 0.15) is 43.0 Å². The number of ether oxygens (including phenoxy) is 1. The van der Waals surface area contributed by atoms with E-state index in [1.165, 1.54) is 6.07 Å². The Morgan fingerprint density at radius 3 is 2.74 bits per heavy atom. The molecule has 0 aliphatic carbocycles. The second-order valence-electron chi connectivity index (χ2n) is 10.1. The third kappa shape index (κ3) is 3.40. The first-order valence-corrected chi connectivity index (χ1v) is 12.2. The van der Waals surface area contributed by atoms with Crippen LogP contribution in [0.4, 0.5) is 4.39 Å². The van der Waals surface area contributed by atoms with Gasteiger partial charge in [-0.2, -0.15) is 0 Å². The van der Waals surface area contributed by atoms with E-state index in [-0.39, 0.29) is 28.2 Å². The van der Waals surface area contributed by atoms with Crippen LogP contribution in [-0.4, -0.2) is 36.1 Å². The van der Waals surface area contributed by atoms with Crippen molar-refractivity contribution in [3.8, 4) is 5.75 Å². The summed E-state index contributed by atoms with van der Waals surface area (Å²) in [7, 11) is 0. The molecule has 4 heterocycles. The highest BCUT2D eigenvalue weighted by molar-refractivity contribution is 6.50. The van der Waals surface area contributed by atoms with Gasteiger partial charge in [-0.3, -0.25) is 14.9 Å². The lowest BCUT2D eigenvalue weighted by molar-refractivity contribution is -0.122. The standard InChI is InChI=1S/C27H25ClFN3O3/c1-27(2)13-30-9-7-20(27)32-12-17(16-11-15(28)4-6-19(16)32)21-23(26(34)31-25(21)33)22-18(29)5-3-14-8-10-35-24(14)22/h3-6,11-12,20,30H,7-10,13H2,1-2H3,(H,31,33,34). The molecule has 1 fully saturated rings. The van der Waals surface area contributed by atoms with Crippen molar-refractivity contribution in [2.24, 2.45) is 5.41 Å². The smallest absolute Gasteiger partial charge is 0.259 e. The van der Waals surface area contributed by atoms with Crippen molar-refractivity contribution in [1.29, 1.82) is 0 Å². The summed E-state index contributed by atoms with van der Waals surface area (Å²) in [5, 5.41) is 7.11. The van der Waals surface area contributed by atoms with Gasteiger partial charge in [0.05, 0.1) is 23.3 Å². The normalized spacial score (nSPS) is 21.4. The fourth-order valence-corrected chi connectivity index (χ4v) is 5.94. The van der Waals surface area contributed by atoms with E-state index < -0.39 is 17.6 Å². The maximum atomic E-state index is 15.2. The Bertz CT molecular complexity index is 1460. The number of nitrogens with zero attached hydrogens (tertiary/aromatic N) is 1. The number of imide groups is 1. The molecule has 3 aliphatic heterocycles. The first-order chi connectivity index (χ1) is 16.8. The fourth-order valence-electron chi connectivity index (χ4n) is 5.77. The minimum Gasteiger partial charge on any atom is -0.492 e. The second-order valence-corrected chi connectivity index (χ2v) is 10.6. The molecule has 1 unspecified atom stereocenters. The van der Waals surface area contributed by atoms with Crippen molar-refractivity contribution < 1.29 is 18.7 Å². The van der Waals surface area contributed by atoms with Crippen LogP contribution in [0.15, 0.2) is 36.5 Å². The van der Waals surface area contributed by atoms with E-state index in [2.05, 4.69) is 29.0 Å². The predicted octanol–water partition coefficient (Wildman–Crippen LogP) is 4.50. The molecule has 6 rings (SSSR count). The van der Waals surface area contributed by atoms with Crippen LogP contribution in [0.3, 0.4) is 0 Å². The number of nitrogens with one attached hydrogen (secondary N) is 2. The van der Waals surface area contributed by atoms with Crippen LogP contribution in [0, 0.1) is 11.2 Å². The van der Waals surface area contributed by atoms with E-state index in [9.17, 15) is 9.59 Å². The predicted molar refractivity (Wildman–Crippen MR) is 133 cm³/mol. The van der Waals surface area contributed by atoms with Crippen molar-refractivity contribution in [3.63, 3.8) is 0 Å². The van der Waals surface area contributed by atoms with Crippen molar-refractivity contribution in [1.82, 2.24) is 15.2 Å². The SMILES string of the molecule is CC1(C)CNCCC1n1cc(C2=C(c3c(F)ccc4c3OCC4)C(=O)NC2=O)c2cc(Cl)ccc21. The van der Waals surface area contributed by atoms with Gasteiger partial charge in [0.1, 0.15) is 11.6 Å². The van der Waals surface area contributed by atoms with Crippen LogP contribution < -0.4 is 15.4 Å². The van der Waals surface area contributed by atoms with E-state index in [4.69, 9.17) is 16.3 Å². The number of carbonyl (C=O) groups is 2. The average molecular weight is 494 g/mol. The molecule has 2 N–H and O–H groups in total. The lowest BCUT2D eigenvalue weighted by Crippen LogP contribution is -2.43. The number of piperidine rings is 1. The van der Waals surface area contributed by atoms with Crippen molar-refractivity contribution in [2.75, 3.05) is 19.7 Å². The van der Waals surface area contributed by atoms with Crippen molar-refractivity contribution >= 4 is 45.5 Å². The minimum atomic E-state index is -0.627. The Kier molecular flexibility index (Phi) is 5.06. The van der Waals surface area contributed by atoms with Gasteiger partial charge in [-0.1, -0.05) is 31.5 Å². The van der Waals surface area contributed by atoms with Gasteiger partial charge in [0.15, 0.2) is 0 Å². The van der Waals surface area contributed by atoms with E-state index in [0.717, 1.165) is 36.0 Å². The Hall–Kier alpha value is -3.16. The van der Waals surface area contributed by atoms with Gasteiger partial charge in [0, 0.05) is 46.7 Å². The molecule has 180 valence electrons. The lowest BCUT2D eigenvalue weighted by atomic mass is 9.80. The second kappa shape index (κ2) is 7.93. The van der Waals surface area contributed by atoms with Crippen LogP contribution in [-0.2, 0) is 16.0 Å². The number of rotatable bonds is 3. The lowest BCUT2D eigenvalue weighted by Gasteiger charge is -2.40. The highest BCUT2D eigenvalue weighted by atomic mass is 35.5. The molecule has 1 aromatic heterocycles. The number of amides is 2. The molecule has 3 aliphatic rings. The number of aromatic nitrogens is 1. The van der Waals surface area contributed by atoms with E-state index in [1.54, 1.807) is 12.1 Å². The van der Waals surface area contributed by atoms with Gasteiger partial charge in [0.2, 0.25) is 0 Å². The molecule has 0 spiro atoms. The zero-order valence-electron chi connectivity index (χ0n) is 19.5. The number of benzene rings is 2. The molecule has 1 saturated heterocycles. The summed E-state index contributed by atoms with van der Waals surface area (Å²) in [6.45, 7) is 6.56. The molecule has 1 atom stereocenters. The van der Waals surface area contributed by atoms with E-state index in [1.807, 2.05) is 18.3 Å². The monoisotopic (exact) mass is 493 g/mol. The van der Waals surface area contributed by atoms with Crippen LogP contribution in [0.25, 0.3) is 22.0 Å². The first kappa shape index (κ1) is 22.3. The first-order valence-electron chi connectivity index (χ1n) is 11.8. The largest absolute Gasteiger partial charge is 0.492 e. The summed E-state index contributed by atoms with van der Waals surface area (Å²) in [6, 6.07) is 8.73. The Balaban J connectivity index is 1.65. The molecule has 2 aromatic carbocycles.